The Morgan fingerprint density at radius 2 is 2.26 bits per heavy atom. The first-order chi connectivity index (χ1) is 11.1. The molecule has 0 radical (unpaired) electrons. The third kappa shape index (κ3) is 3.18. The number of aromatic nitrogens is 4. The lowest BCUT2D eigenvalue weighted by atomic mass is 10.3. The van der Waals surface area contributed by atoms with Crippen molar-refractivity contribution in [3.05, 3.63) is 41.2 Å². The number of hydrogen-bond acceptors (Lipinski definition) is 5. The lowest BCUT2D eigenvalue weighted by molar-refractivity contribution is 0.0940. The molecular weight excluding hydrogens is 330 g/mol. The molecule has 1 amide bonds. The van der Waals surface area contributed by atoms with Crippen LogP contribution in [0, 0.1) is 0 Å². The van der Waals surface area contributed by atoms with Crippen molar-refractivity contribution in [3.63, 3.8) is 0 Å². The number of aryl methyl sites for hydroxylation is 1. The maximum Gasteiger partial charge on any atom is 0.269 e. The molecule has 0 saturated heterocycles. The number of rotatable bonds is 5. The van der Waals surface area contributed by atoms with Crippen molar-refractivity contribution in [2.45, 2.75) is 11.7 Å². The van der Waals surface area contributed by atoms with E-state index in [9.17, 15) is 4.79 Å². The normalized spacial score (nSPS) is 10.9. The van der Waals surface area contributed by atoms with Gasteiger partial charge in [0.1, 0.15) is 11.4 Å². The minimum Gasteiger partial charge on any atom is -0.345 e. The zero-order chi connectivity index (χ0) is 16.4. The van der Waals surface area contributed by atoms with Crippen molar-refractivity contribution in [2.75, 3.05) is 6.26 Å². The molecular formula is C15H17N5OS2. The van der Waals surface area contributed by atoms with Gasteiger partial charge in [-0.3, -0.25) is 9.48 Å². The van der Waals surface area contributed by atoms with Crippen molar-refractivity contribution in [2.24, 2.45) is 14.1 Å². The highest BCUT2D eigenvalue weighted by atomic mass is 32.2. The van der Waals surface area contributed by atoms with E-state index in [1.165, 1.54) is 0 Å². The maximum absolute atomic E-state index is 12.4. The van der Waals surface area contributed by atoms with Gasteiger partial charge in [0.25, 0.3) is 5.91 Å². The first kappa shape index (κ1) is 15.8. The summed E-state index contributed by atoms with van der Waals surface area (Å²) >= 11 is 3.18. The number of carbonyl (C=O) groups is 1. The molecule has 6 nitrogen and oxygen atoms in total. The highest BCUT2D eigenvalue weighted by Crippen LogP contribution is 2.23. The molecule has 1 N–H and O–H groups in total. The third-order valence-electron chi connectivity index (χ3n) is 3.54. The third-order valence-corrected chi connectivity index (χ3v) is 5.18. The molecule has 3 aromatic heterocycles. The van der Waals surface area contributed by atoms with Crippen LogP contribution in [-0.2, 0) is 20.6 Å². The smallest absolute Gasteiger partial charge is 0.269 e. The van der Waals surface area contributed by atoms with Crippen LogP contribution in [-0.4, -0.2) is 31.5 Å². The predicted octanol–water partition coefficient (Wildman–Crippen LogP) is 2.53. The summed E-state index contributed by atoms with van der Waals surface area (Å²) in [7, 11) is 3.72. The van der Waals surface area contributed by atoms with Gasteiger partial charge >= 0.3 is 0 Å². The first-order valence-corrected chi connectivity index (χ1v) is 9.11. The quantitative estimate of drug-likeness (QED) is 0.721. The Morgan fingerprint density at radius 1 is 1.43 bits per heavy atom. The van der Waals surface area contributed by atoms with E-state index in [1.54, 1.807) is 41.0 Å². The molecule has 23 heavy (non-hydrogen) atoms. The van der Waals surface area contributed by atoms with Crippen LogP contribution in [0.2, 0.25) is 0 Å². The van der Waals surface area contributed by atoms with Crippen molar-refractivity contribution >= 4 is 29.0 Å². The Labute approximate surface area is 142 Å². The second-order valence-corrected chi connectivity index (χ2v) is 6.71. The van der Waals surface area contributed by atoms with Gasteiger partial charge in [-0.05, 0) is 23.8 Å². The first-order valence-electron chi connectivity index (χ1n) is 7.01. The Kier molecular flexibility index (Phi) is 4.53. The molecule has 0 aliphatic carbocycles. The van der Waals surface area contributed by atoms with Gasteiger partial charge in [0.15, 0.2) is 5.16 Å². The molecule has 0 spiro atoms. The van der Waals surface area contributed by atoms with Crippen LogP contribution in [0.4, 0.5) is 0 Å². The van der Waals surface area contributed by atoms with Gasteiger partial charge in [0, 0.05) is 14.1 Å². The second-order valence-electron chi connectivity index (χ2n) is 4.99. The van der Waals surface area contributed by atoms with Gasteiger partial charge in [0.2, 0.25) is 0 Å². The van der Waals surface area contributed by atoms with E-state index in [4.69, 9.17) is 0 Å². The summed E-state index contributed by atoms with van der Waals surface area (Å²) < 4.78 is 3.59. The standard InChI is InChI=1S/C15H17N5OS2/c1-19-10(9-17-15(19)22-3)8-16-14(21)12-7-11(18-20(12)2)13-5-4-6-23-13/h4-7,9H,8H2,1-3H3,(H,16,21). The highest BCUT2D eigenvalue weighted by Gasteiger charge is 2.15. The number of nitrogens with one attached hydrogen (secondary N) is 1. The second kappa shape index (κ2) is 6.59. The molecule has 0 saturated carbocycles. The summed E-state index contributed by atoms with van der Waals surface area (Å²) in [5.74, 6) is -0.144. The van der Waals surface area contributed by atoms with E-state index >= 15 is 0 Å². The summed E-state index contributed by atoms with van der Waals surface area (Å²) in [6.45, 7) is 0.433. The van der Waals surface area contributed by atoms with E-state index in [2.05, 4.69) is 15.4 Å². The number of nitrogens with zero attached hydrogens (tertiary/aromatic N) is 4. The van der Waals surface area contributed by atoms with Crippen LogP contribution in [0.1, 0.15) is 16.2 Å². The lowest BCUT2D eigenvalue weighted by Gasteiger charge is -2.06. The van der Waals surface area contributed by atoms with Gasteiger partial charge in [-0.15, -0.1) is 11.3 Å². The number of imidazole rings is 1. The number of thiophene rings is 1. The van der Waals surface area contributed by atoms with Crippen LogP contribution in [0.25, 0.3) is 10.6 Å². The Morgan fingerprint density at radius 3 is 2.91 bits per heavy atom. The van der Waals surface area contributed by atoms with Gasteiger partial charge < -0.3 is 9.88 Å². The summed E-state index contributed by atoms with van der Waals surface area (Å²) in [4.78, 5) is 17.8. The minimum absolute atomic E-state index is 0.144. The summed E-state index contributed by atoms with van der Waals surface area (Å²) in [6.07, 6.45) is 3.76. The molecule has 3 aromatic rings. The van der Waals surface area contributed by atoms with E-state index < -0.39 is 0 Å². The molecule has 3 rings (SSSR count). The van der Waals surface area contributed by atoms with Crippen molar-refractivity contribution in [1.82, 2.24) is 24.6 Å². The molecule has 0 aliphatic heterocycles. The molecule has 120 valence electrons. The lowest BCUT2D eigenvalue weighted by Crippen LogP contribution is -2.26. The van der Waals surface area contributed by atoms with E-state index in [1.807, 2.05) is 41.4 Å². The van der Waals surface area contributed by atoms with Crippen LogP contribution >= 0.6 is 23.1 Å². The Hall–Kier alpha value is -2.06. The average Bonchev–Trinajstić information content (AvgIpc) is 3.25. The summed E-state index contributed by atoms with van der Waals surface area (Å²) in [5, 5.41) is 10.3. The molecule has 0 bridgehead atoms. The van der Waals surface area contributed by atoms with Crippen LogP contribution in [0.5, 0.6) is 0 Å². The van der Waals surface area contributed by atoms with Crippen molar-refractivity contribution in [1.29, 1.82) is 0 Å². The van der Waals surface area contributed by atoms with Crippen LogP contribution in [0.3, 0.4) is 0 Å². The van der Waals surface area contributed by atoms with E-state index in [0.717, 1.165) is 21.4 Å². The zero-order valence-electron chi connectivity index (χ0n) is 13.1. The molecule has 8 heteroatoms. The monoisotopic (exact) mass is 347 g/mol. The van der Waals surface area contributed by atoms with E-state index in [0.29, 0.717) is 12.2 Å². The summed E-state index contributed by atoms with van der Waals surface area (Å²) in [5.41, 5.74) is 2.32. The van der Waals surface area contributed by atoms with Gasteiger partial charge in [-0.2, -0.15) is 5.10 Å². The fourth-order valence-corrected chi connectivity index (χ4v) is 3.50. The fourth-order valence-electron chi connectivity index (χ4n) is 2.27. The largest absolute Gasteiger partial charge is 0.345 e. The Bertz CT molecular complexity index is 819. The van der Waals surface area contributed by atoms with E-state index in [-0.39, 0.29) is 5.91 Å². The maximum atomic E-state index is 12.4. The number of thioether (sulfide) groups is 1. The Balaban J connectivity index is 1.72. The molecule has 0 aromatic carbocycles. The molecule has 0 unspecified atom stereocenters. The fraction of sp³-hybridized carbons (Fsp3) is 0.267. The molecule has 0 aliphatic rings. The number of amides is 1. The topological polar surface area (TPSA) is 64.7 Å². The van der Waals surface area contributed by atoms with Crippen molar-refractivity contribution < 1.29 is 4.79 Å². The van der Waals surface area contributed by atoms with Gasteiger partial charge in [-0.1, -0.05) is 17.8 Å². The van der Waals surface area contributed by atoms with Crippen LogP contribution < -0.4 is 5.32 Å². The summed E-state index contributed by atoms with van der Waals surface area (Å²) in [6, 6.07) is 5.78. The van der Waals surface area contributed by atoms with Gasteiger partial charge in [0.05, 0.1) is 23.3 Å². The average molecular weight is 347 g/mol. The van der Waals surface area contributed by atoms with Crippen molar-refractivity contribution in [3.8, 4) is 10.6 Å². The molecule has 0 atom stereocenters. The zero-order valence-corrected chi connectivity index (χ0v) is 14.7. The SMILES string of the molecule is CSc1ncc(CNC(=O)c2cc(-c3cccs3)nn2C)n1C. The minimum atomic E-state index is -0.144. The van der Waals surface area contributed by atoms with Gasteiger partial charge in [-0.25, -0.2) is 4.98 Å². The highest BCUT2D eigenvalue weighted by molar-refractivity contribution is 7.98. The molecule has 0 fully saturated rings. The molecule has 3 heterocycles. The number of hydrogen-bond donors (Lipinski definition) is 1. The predicted molar refractivity (Wildman–Crippen MR) is 92.7 cm³/mol. The number of carbonyl (C=O) groups excluding carboxylic acids is 1. The van der Waals surface area contributed by atoms with Crippen LogP contribution in [0.15, 0.2) is 34.9 Å².